The van der Waals surface area contributed by atoms with E-state index in [1.54, 1.807) is 0 Å². The number of unbranched alkanes of at least 4 members (excludes halogenated alkanes) is 4. The minimum Gasteiger partial charge on any atom is -0.395 e. The van der Waals surface area contributed by atoms with Gasteiger partial charge in [0.05, 0.1) is 6.61 Å². The quantitative estimate of drug-likeness (QED) is 0.485. The van der Waals surface area contributed by atoms with Crippen LogP contribution in [0.2, 0.25) is 0 Å². The highest BCUT2D eigenvalue weighted by Crippen LogP contribution is 2.11. The number of rotatable bonds is 8. The van der Waals surface area contributed by atoms with Crippen molar-refractivity contribution in [3.05, 3.63) is 0 Å². The third kappa shape index (κ3) is 6.34. The van der Waals surface area contributed by atoms with Crippen molar-refractivity contribution in [3.63, 3.8) is 0 Å². The van der Waals surface area contributed by atoms with E-state index in [0.29, 0.717) is 6.42 Å². The maximum atomic E-state index is 10.7. The predicted octanol–water partition coefficient (Wildman–Crippen LogP) is 1.60. The van der Waals surface area contributed by atoms with Crippen molar-refractivity contribution < 1.29 is 18.1 Å². The first-order valence-corrected chi connectivity index (χ1v) is 6.59. The predicted molar refractivity (Wildman–Crippen MR) is 55.8 cm³/mol. The summed E-state index contributed by atoms with van der Waals surface area (Å²) in [5.41, 5.74) is 0. The third-order valence-electron chi connectivity index (χ3n) is 2.25. The molecule has 0 aromatic heterocycles. The molecule has 1 unspecified atom stereocenters. The van der Waals surface area contributed by atoms with Gasteiger partial charge in [-0.25, -0.2) is 0 Å². The van der Waals surface area contributed by atoms with Crippen molar-refractivity contribution in [3.8, 4) is 0 Å². The summed E-state index contributed by atoms with van der Waals surface area (Å²) in [4.78, 5) is 0. The molecule has 0 fully saturated rings. The van der Waals surface area contributed by atoms with Gasteiger partial charge in [-0.2, -0.15) is 8.42 Å². The maximum absolute atomic E-state index is 10.7. The molecule has 0 spiro atoms. The molecule has 0 bridgehead atoms. The van der Waals surface area contributed by atoms with E-state index >= 15 is 0 Å². The molecule has 1 atom stereocenters. The molecule has 0 rings (SSSR count). The lowest BCUT2D eigenvalue weighted by Gasteiger charge is -2.09. The molecule has 86 valence electrons. The number of aliphatic hydroxyl groups is 1. The standard InChI is InChI=1S/C9H20O4S/c1-2-3-4-5-6-7-9(8-10)14(11,12)13/h9-10H,2-8H2,1H3,(H,11,12,13). The number of hydrogen-bond acceptors (Lipinski definition) is 3. The molecule has 14 heavy (non-hydrogen) atoms. The second-order valence-corrected chi connectivity index (χ2v) is 5.22. The molecule has 0 saturated heterocycles. The highest BCUT2D eigenvalue weighted by atomic mass is 32.2. The second-order valence-electron chi connectivity index (χ2n) is 3.52. The van der Waals surface area contributed by atoms with Crippen molar-refractivity contribution in [1.82, 2.24) is 0 Å². The van der Waals surface area contributed by atoms with E-state index in [4.69, 9.17) is 9.66 Å². The van der Waals surface area contributed by atoms with Crippen LogP contribution in [0.4, 0.5) is 0 Å². The van der Waals surface area contributed by atoms with Crippen LogP contribution < -0.4 is 0 Å². The van der Waals surface area contributed by atoms with Gasteiger partial charge < -0.3 is 5.11 Å². The van der Waals surface area contributed by atoms with E-state index < -0.39 is 22.0 Å². The van der Waals surface area contributed by atoms with Crippen molar-refractivity contribution in [1.29, 1.82) is 0 Å². The first kappa shape index (κ1) is 13.9. The third-order valence-corrected chi connectivity index (χ3v) is 3.48. The van der Waals surface area contributed by atoms with Crippen LogP contribution in [0.25, 0.3) is 0 Å². The molecule has 0 radical (unpaired) electrons. The zero-order chi connectivity index (χ0) is 11.0. The molecular formula is C9H20O4S. The van der Waals surface area contributed by atoms with Crippen LogP contribution in [-0.2, 0) is 10.1 Å². The van der Waals surface area contributed by atoms with Gasteiger partial charge in [0.1, 0.15) is 5.25 Å². The van der Waals surface area contributed by atoms with Gasteiger partial charge >= 0.3 is 0 Å². The molecule has 0 aromatic carbocycles. The summed E-state index contributed by atoms with van der Waals surface area (Å²) in [6.45, 7) is 1.61. The van der Waals surface area contributed by atoms with Crippen molar-refractivity contribution in [2.75, 3.05) is 6.61 Å². The highest BCUT2D eigenvalue weighted by Gasteiger charge is 2.20. The summed E-state index contributed by atoms with van der Waals surface area (Å²) in [7, 11) is -4.06. The fourth-order valence-electron chi connectivity index (χ4n) is 1.31. The molecule has 0 heterocycles. The first-order chi connectivity index (χ1) is 6.52. The maximum Gasteiger partial charge on any atom is 0.270 e. The zero-order valence-electron chi connectivity index (χ0n) is 8.65. The average Bonchev–Trinajstić information content (AvgIpc) is 2.09. The topological polar surface area (TPSA) is 74.6 Å². The Balaban J connectivity index is 3.65. The lowest BCUT2D eigenvalue weighted by molar-refractivity contribution is 0.276. The second kappa shape index (κ2) is 7.20. The summed E-state index contributed by atoms with van der Waals surface area (Å²) in [5.74, 6) is 0. The molecular weight excluding hydrogens is 204 g/mol. The van der Waals surface area contributed by atoms with E-state index in [1.165, 1.54) is 0 Å². The van der Waals surface area contributed by atoms with Crippen molar-refractivity contribution in [2.45, 2.75) is 50.7 Å². The SMILES string of the molecule is CCCCCCCC(CO)S(=O)(=O)O. The molecule has 0 aliphatic carbocycles. The summed E-state index contributed by atoms with van der Waals surface area (Å²) in [6.07, 6.45) is 5.42. The molecule has 2 N–H and O–H groups in total. The Labute approximate surface area is 86.1 Å². The van der Waals surface area contributed by atoms with E-state index in [1.807, 2.05) is 0 Å². The van der Waals surface area contributed by atoms with E-state index in [2.05, 4.69) is 6.92 Å². The minimum atomic E-state index is -4.06. The monoisotopic (exact) mass is 224 g/mol. The van der Waals surface area contributed by atoms with Gasteiger partial charge in [-0.3, -0.25) is 4.55 Å². The molecule has 0 amide bonds. The smallest absolute Gasteiger partial charge is 0.270 e. The highest BCUT2D eigenvalue weighted by molar-refractivity contribution is 7.86. The lowest BCUT2D eigenvalue weighted by atomic mass is 10.1. The fraction of sp³-hybridized carbons (Fsp3) is 1.00. The summed E-state index contributed by atoms with van der Waals surface area (Å²) < 4.78 is 30.0. The summed E-state index contributed by atoms with van der Waals surface area (Å²) in [6, 6.07) is 0. The van der Waals surface area contributed by atoms with Crippen LogP contribution in [0.3, 0.4) is 0 Å². The fourth-order valence-corrected chi connectivity index (χ4v) is 1.96. The Morgan fingerprint density at radius 1 is 1.14 bits per heavy atom. The van der Waals surface area contributed by atoms with Crippen molar-refractivity contribution in [2.24, 2.45) is 0 Å². The van der Waals surface area contributed by atoms with E-state index in [0.717, 1.165) is 32.1 Å². The summed E-state index contributed by atoms with van der Waals surface area (Å²) in [5, 5.41) is 7.73. The van der Waals surface area contributed by atoms with Crippen LogP contribution in [0.15, 0.2) is 0 Å². The molecule has 0 aliphatic heterocycles. The largest absolute Gasteiger partial charge is 0.395 e. The Morgan fingerprint density at radius 2 is 1.71 bits per heavy atom. The molecule has 4 nitrogen and oxygen atoms in total. The summed E-state index contributed by atoms with van der Waals surface area (Å²) >= 11 is 0. The van der Waals surface area contributed by atoms with Gasteiger partial charge in [0.2, 0.25) is 0 Å². The number of hydrogen-bond donors (Lipinski definition) is 2. The van der Waals surface area contributed by atoms with Crippen LogP contribution in [0.5, 0.6) is 0 Å². The Kier molecular flexibility index (Phi) is 7.13. The van der Waals surface area contributed by atoms with Gasteiger partial charge in [0, 0.05) is 0 Å². The van der Waals surface area contributed by atoms with Crippen LogP contribution in [0.1, 0.15) is 45.4 Å². The Bertz CT molecular complexity index is 223. The zero-order valence-corrected chi connectivity index (χ0v) is 9.46. The molecule has 0 saturated carbocycles. The lowest BCUT2D eigenvalue weighted by Crippen LogP contribution is -2.24. The Morgan fingerprint density at radius 3 is 2.14 bits per heavy atom. The first-order valence-electron chi connectivity index (χ1n) is 5.09. The van der Waals surface area contributed by atoms with E-state index in [-0.39, 0.29) is 0 Å². The van der Waals surface area contributed by atoms with Crippen LogP contribution in [-0.4, -0.2) is 29.9 Å². The number of aliphatic hydroxyl groups excluding tert-OH is 1. The van der Waals surface area contributed by atoms with Gasteiger partial charge in [0.15, 0.2) is 0 Å². The average molecular weight is 224 g/mol. The minimum absolute atomic E-state index is 0.346. The van der Waals surface area contributed by atoms with Crippen molar-refractivity contribution >= 4 is 10.1 Å². The normalized spacial score (nSPS) is 14.2. The Hall–Kier alpha value is -0.130. The van der Waals surface area contributed by atoms with Gasteiger partial charge in [-0.15, -0.1) is 0 Å². The molecule has 0 aromatic rings. The molecule has 0 aliphatic rings. The van der Waals surface area contributed by atoms with Crippen LogP contribution in [0, 0.1) is 0 Å². The van der Waals surface area contributed by atoms with E-state index in [9.17, 15) is 8.42 Å². The van der Waals surface area contributed by atoms with Gasteiger partial charge in [-0.05, 0) is 6.42 Å². The van der Waals surface area contributed by atoms with Gasteiger partial charge in [0.25, 0.3) is 10.1 Å². The molecule has 5 heteroatoms. The van der Waals surface area contributed by atoms with Crippen LogP contribution >= 0.6 is 0 Å². The van der Waals surface area contributed by atoms with Gasteiger partial charge in [-0.1, -0.05) is 39.0 Å².